The van der Waals surface area contributed by atoms with E-state index in [2.05, 4.69) is 15.9 Å². The number of carbonyl (C=O) groups is 1. The molecule has 1 aromatic rings. The Morgan fingerprint density at radius 3 is 2.87 bits per heavy atom. The average Bonchev–Trinajstić information content (AvgIpc) is 2.24. The molecule has 0 saturated heterocycles. The van der Waals surface area contributed by atoms with Crippen molar-refractivity contribution in [3.05, 3.63) is 35.9 Å². The lowest BCUT2D eigenvalue weighted by Gasteiger charge is -2.03. The summed E-state index contributed by atoms with van der Waals surface area (Å²) in [5.41, 5.74) is 0.950. The predicted octanol–water partition coefficient (Wildman–Crippen LogP) is 3.27. The summed E-state index contributed by atoms with van der Waals surface area (Å²) in [5.74, 6) is 0.0491. The smallest absolute Gasteiger partial charge is 0.328 e. The predicted molar refractivity (Wildman–Crippen MR) is 67.6 cm³/mol. The van der Waals surface area contributed by atoms with E-state index < -0.39 is 5.97 Å². The third-order valence-corrected chi connectivity index (χ3v) is 3.67. The standard InChI is InChI=1S/C11H11BrO2S/c12-7-8-15-10-4-2-1-3-9(10)5-6-11(13)14/h1-6H,7-8H2,(H,13,14). The monoisotopic (exact) mass is 286 g/mol. The van der Waals surface area contributed by atoms with Crippen LogP contribution in [0.25, 0.3) is 6.08 Å². The van der Waals surface area contributed by atoms with Crippen molar-refractivity contribution in [2.75, 3.05) is 11.1 Å². The molecule has 0 aromatic heterocycles. The molecule has 0 radical (unpaired) electrons. The molecule has 0 fully saturated rings. The molecule has 0 spiro atoms. The Balaban J connectivity index is 2.81. The van der Waals surface area contributed by atoms with Crippen LogP contribution < -0.4 is 0 Å². The molecule has 0 unspecified atom stereocenters. The quantitative estimate of drug-likeness (QED) is 0.513. The summed E-state index contributed by atoms with van der Waals surface area (Å²) < 4.78 is 0. The molecule has 1 rings (SSSR count). The maximum atomic E-state index is 10.4. The topological polar surface area (TPSA) is 37.3 Å². The van der Waals surface area contributed by atoms with Crippen molar-refractivity contribution in [2.45, 2.75) is 4.90 Å². The van der Waals surface area contributed by atoms with Gasteiger partial charge in [0.1, 0.15) is 0 Å². The summed E-state index contributed by atoms with van der Waals surface area (Å²) in [6.45, 7) is 0. The van der Waals surface area contributed by atoms with Gasteiger partial charge in [-0.15, -0.1) is 11.8 Å². The minimum absolute atomic E-state index is 0.921. The van der Waals surface area contributed by atoms with Crippen LogP contribution in [0.4, 0.5) is 0 Å². The molecule has 4 heteroatoms. The molecular formula is C11H11BrO2S. The van der Waals surface area contributed by atoms with Gasteiger partial charge in [0.25, 0.3) is 0 Å². The zero-order valence-corrected chi connectivity index (χ0v) is 10.4. The Hall–Kier alpha value is -0.740. The highest BCUT2D eigenvalue weighted by Crippen LogP contribution is 2.23. The Morgan fingerprint density at radius 2 is 2.20 bits per heavy atom. The summed E-state index contributed by atoms with van der Waals surface area (Å²) >= 11 is 5.07. The van der Waals surface area contributed by atoms with Crippen LogP contribution in [0.2, 0.25) is 0 Å². The molecule has 0 aliphatic rings. The molecule has 0 heterocycles. The second-order valence-corrected chi connectivity index (χ2v) is 4.68. The summed E-state index contributed by atoms with van der Waals surface area (Å²) in [5, 5.41) is 9.47. The number of hydrogen-bond donors (Lipinski definition) is 1. The molecule has 0 saturated carbocycles. The van der Waals surface area contributed by atoms with E-state index in [0.717, 1.165) is 27.6 Å². The van der Waals surface area contributed by atoms with Crippen molar-refractivity contribution in [1.82, 2.24) is 0 Å². The van der Waals surface area contributed by atoms with Gasteiger partial charge in [-0.1, -0.05) is 34.1 Å². The van der Waals surface area contributed by atoms with Crippen LogP contribution in [0.15, 0.2) is 35.2 Å². The fourth-order valence-electron chi connectivity index (χ4n) is 1.06. The lowest BCUT2D eigenvalue weighted by molar-refractivity contribution is -0.131. The molecule has 2 nitrogen and oxygen atoms in total. The number of rotatable bonds is 5. The molecule has 0 bridgehead atoms. The highest BCUT2D eigenvalue weighted by Gasteiger charge is 1.99. The van der Waals surface area contributed by atoms with Gasteiger partial charge in [0, 0.05) is 22.1 Å². The molecule has 1 aromatic carbocycles. The molecule has 80 valence electrons. The highest BCUT2D eigenvalue weighted by molar-refractivity contribution is 9.09. The van der Waals surface area contributed by atoms with Gasteiger partial charge in [-0.05, 0) is 17.7 Å². The van der Waals surface area contributed by atoms with Crippen LogP contribution in [0.3, 0.4) is 0 Å². The summed E-state index contributed by atoms with van der Waals surface area (Å²) in [6.07, 6.45) is 2.78. The summed E-state index contributed by atoms with van der Waals surface area (Å²) in [4.78, 5) is 11.5. The fourth-order valence-corrected chi connectivity index (χ4v) is 2.32. The molecule has 0 aliphatic carbocycles. The minimum Gasteiger partial charge on any atom is -0.478 e. The number of carboxylic acids is 1. The van der Waals surface area contributed by atoms with E-state index in [1.54, 1.807) is 17.8 Å². The number of hydrogen-bond acceptors (Lipinski definition) is 2. The van der Waals surface area contributed by atoms with Crippen LogP contribution in [0.1, 0.15) is 5.56 Å². The summed E-state index contributed by atoms with van der Waals surface area (Å²) in [7, 11) is 0. The van der Waals surface area contributed by atoms with Crippen LogP contribution in [-0.4, -0.2) is 22.2 Å². The molecule has 0 atom stereocenters. The van der Waals surface area contributed by atoms with Gasteiger partial charge < -0.3 is 5.11 Å². The van der Waals surface area contributed by atoms with Crippen LogP contribution in [0, 0.1) is 0 Å². The SMILES string of the molecule is O=C(O)C=Cc1ccccc1SCCBr. The van der Waals surface area contributed by atoms with Crippen molar-refractivity contribution >= 4 is 39.7 Å². The first-order valence-corrected chi connectivity index (χ1v) is 6.53. The summed E-state index contributed by atoms with van der Waals surface area (Å²) in [6, 6.07) is 7.76. The Bertz CT molecular complexity index is 363. The van der Waals surface area contributed by atoms with Crippen molar-refractivity contribution in [3.63, 3.8) is 0 Å². The third kappa shape index (κ3) is 4.53. The number of carboxylic acid groups (broad SMARTS) is 1. The first-order valence-electron chi connectivity index (χ1n) is 4.43. The van der Waals surface area contributed by atoms with Crippen molar-refractivity contribution in [1.29, 1.82) is 0 Å². The van der Waals surface area contributed by atoms with Gasteiger partial charge in [0.2, 0.25) is 0 Å². The van der Waals surface area contributed by atoms with Gasteiger partial charge in [-0.3, -0.25) is 0 Å². The number of alkyl halides is 1. The Labute approximate surface area is 102 Å². The van der Waals surface area contributed by atoms with Gasteiger partial charge in [-0.25, -0.2) is 4.79 Å². The molecule has 0 amide bonds. The lowest BCUT2D eigenvalue weighted by atomic mass is 10.2. The third-order valence-electron chi connectivity index (χ3n) is 1.66. The maximum Gasteiger partial charge on any atom is 0.328 e. The van der Waals surface area contributed by atoms with E-state index in [0.29, 0.717) is 0 Å². The van der Waals surface area contributed by atoms with Crippen LogP contribution >= 0.6 is 27.7 Å². The molecular weight excluding hydrogens is 276 g/mol. The number of thioether (sulfide) groups is 1. The first kappa shape index (κ1) is 12.3. The van der Waals surface area contributed by atoms with Gasteiger partial charge in [-0.2, -0.15) is 0 Å². The van der Waals surface area contributed by atoms with E-state index in [9.17, 15) is 4.79 Å². The number of aliphatic carboxylic acids is 1. The van der Waals surface area contributed by atoms with Crippen molar-refractivity contribution in [3.8, 4) is 0 Å². The Morgan fingerprint density at radius 1 is 1.47 bits per heavy atom. The highest BCUT2D eigenvalue weighted by atomic mass is 79.9. The minimum atomic E-state index is -0.921. The number of benzene rings is 1. The van der Waals surface area contributed by atoms with Gasteiger partial charge in [0.15, 0.2) is 0 Å². The normalized spacial score (nSPS) is 10.7. The maximum absolute atomic E-state index is 10.4. The molecule has 0 aliphatic heterocycles. The van der Waals surface area contributed by atoms with Crippen LogP contribution in [0.5, 0.6) is 0 Å². The lowest BCUT2D eigenvalue weighted by Crippen LogP contribution is -1.87. The van der Waals surface area contributed by atoms with Crippen molar-refractivity contribution < 1.29 is 9.90 Å². The second kappa shape index (κ2) is 6.69. The first-order chi connectivity index (χ1) is 7.24. The van der Waals surface area contributed by atoms with E-state index in [1.807, 2.05) is 24.3 Å². The second-order valence-electron chi connectivity index (χ2n) is 2.75. The fraction of sp³-hybridized carbons (Fsp3) is 0.182. The van der Waals surface area contributed by atoms with E-state index in [1.165, 1.54) is 0 Å². The average molecular weight is 287 g/mol. The van der Waals surface area contributed by atoms with Gasteiger partial charge in [0.05, 0.1) is 0 Å². The van der Waals surface area contributed by atoms with E-state index >= 15 is 0 Å². The largest absolute Gasteiger partial charge is 0.478 e. The zero-order chi connectivity index (χ0) is 11.1. The van der Waals surface area contributed by atoms with Crippen molar-refractivity contribution in [2.24, 2.45) is 0 Å². The zero-order valence-electron chi connectivity index (χ0n) is 8.02. The molecule has 1 N–H and O–H groups in total. The van der Waals surface area contributed by atoms with Gasteiger partial charge >= 0.3 is 5.97 Å². The Kier molecular flexibility index (Phi) is 5.50. The van der Waals surface area contributed by atoms with Crippen LogP contribution in [-0.2, 0) is 4.79 Å². The van der Waals surface area contributed by atoms with E-state index in [4.69, 9.17) is 5.11 Å². The van der Waals surface area contributed by atoms with E-state index in [-0.39, 0.29) is 0 Å². The molecule has 15 heavy (non-hydrogen) atoms. The number of halogens is 1.